The van der Waals surface area contributed by atoms with Crippen LogP contribution in [0, 0.1) is 0 Å². The fourth-order valence-corrected chi connectivity index (χ4v) is 3.55. The molecule has 2 heterocycles. The highest BCUT2D eigenvalue weighted by Gasteiger charge is 2.34. The van der Waals surface area contributed by atoms with Crippen molar-refractivity contribution < 1.29 is 13.2 Å². The third kappa shape index (κ3) is 2.25. The van der Waals surface area contributed by atoms with Crippen LogP contribution in [0.5, 0.6) is 0 Å². The number of thiophene rings is 1. The van der Waals surface area contributed by atoms with E-state index in [1.807, 2.05) is 17.5 Å². The Kier molecular flexibility index (Phi) is 2.87. The molecular formula is C8H10N2O3S2. The normalized spacial score (nSPS) is 25.5. The smallest absolute Gasteiger partial charge is 0.280 e. The molecule has 0 bridgehead atoms. The fraction of sp³-hybridized carbons (Fsp3) is 0.375. The van der Waals surface area contributed by atoms with E-state index in [0.29, 0.717) is 12.8 Å². The third-order valence-electron chi connectivity index (χ3n) is 2.12. The summed E-state index contributed by atoms with van der Waals surface area (Å²) in [6, 6.07) is 3.12. The number of hydrogen-bond acceptors (Lipinski definition) is 4. The monoisotopic (exact) mass is 246 g/mol. The van der Waals surface area contributed by atoms with Gasteiger partial charge in [0.25, 0.3) is 10.2 Å². The molecule has 0 spiro atoms. The van der Waals surface area contributed by atoms with Crippen LogP contribution in [0.3, 0.4) is 0 Å². The quantitative estimate of drug-likeness (QED) is 0.761. The highest BCUT2D eigenvalue weighted by molar-refractivity contribution is 7.87. The number of nitrogens with one attached hydrogen (secondary N) is 1. The van der Waals surface area contributed by atoms with Gasteiger partial charge in [-0.05, 0) is 11.4 Å². The average molecular weight is 246 g/mol. The summed E-state index contributed by atoms with van der Waals surface area (Å²) in [5, 5.41) is 1.89. The Morgan fingerprint density at radius 1 is 1.67 bits per heavy atom. The van der Waals surface area contributed by atoms with E-state index in [0.717, 1.165) is 4.88 Å². The Balaban J connectivity index is 2.13. The Bertz CT molecular complexity index is 440. The Morgan fingerprint density at radius 3 is 3.00 bits per heavy atom. The lowest BCUT2D eigenvalue weighted by Crippen LogP contribution is -2.30. The largest absolute Gasteiger partial charge is 0.302 e. The van der Waals surface area contributed by atoms with Gasteiger partial charge in [-0.2, -0.15) is 17.4 Å². The van der Waals surface area contributed by atoms with Gasteiger partial charge in [0.05, 0.1) is 6.04 Å². The summed E-state index contributed by atoms with van der Waals surface area (Å²) in [4.78, 5) is 11.5. The van der Waals surface area contributed by atoms with Crippen LogP contribution in [0.2, 0.25) is 0 Å². The van der Waals surface area contributed by atoms with E-state index < -0.39 is 16.3 Å². The average Bonchev–Trinajstić information content (AvgIpc) is 2.76. The number of carbonyl (C=O) groups is 1. The number of carbonyl (C=O) groups excluding carboxylic acids is 1. The van der Waals surface area contributed by atoms with Crippen LogP contribution in [0.1, 0.15) is 4.88 Å². The number of hydrogen-bond donors (Lipinski definition) is 1. The van der Waals surface area contributed by atoms with Gasteiger partial charge in [0, 0.05) is 18.0 Å². The molecule has 1 aliphatic heterocycles. The molecule has 0 radical (unpaired) electrons. The minimum Gasteiger partial charge on any atom is -0.302 e. The zero-order chi connectivity index (χ0) is 10.9. The molecule has 0 aliphatic carbocycles. The summed E-state index contributed by atoms with van der Waals surface area (Å²) in [7, 11) is -3.47. The number of nitrogens with zero attached hydrogens (tertiary/aromatic N) is 1. The Labute approximate surface area is 91.9 Å². The molecule has 0 amide bonds. The standard InChI is InChI=1S/C8H10N2O3S2/c11-6-7-4-10(15(12,13)9-7)5-8-2-1-3-14-8/h1-3,6-7,9H,4-5H2. The van der Waals surface area contributed by atoms with Crippen molar-refractivity contribution in [3.8, 4) is 0 Å². The van der Waals surface area contributed by atoms with Crippen LogP contribution in [-0.2, 0) is 21.5 Å². The van der Waals surface area contributed by atoms with Crippen molar-refractivity contribution in [1.82, 2.24) is 9.03 Å². The zero-order valence-electron chi connectivity index (χ0n) is 7.79. The van der Waals surface area contributed by atoms with Gasteiger partial charge in [-0.25, -0.2) is 0 Å². The second-order valence-corrected chi connectivity index (χ2v) is 5.97. The van der Waals surface area contributed by atoms with Gasteiger partial charge in [-0.1, -0.05) is 6.07 Å². The van der Waals surface area contributed by atoms with Gasteiger partial charge in [0.15, 0.2) is 0 Å². The van der Waals surface area contributed by atoms with Crippen LogP contribution in [-0.4, -0.2) is 31.6 Å². The Hall–Kier alpha value is -0.760. The lowest BCUT2D eigenvalue weighted by atomic mass is 10.3. The van der Waals surface area contributed by atoms with Gasteiger partial charge in [0.1, 0.15) is 6.29 Å². The summed E-state index contributed by atoms with van der Waals surface area (Å²) in [6.07, 6.45) is 0.617. The molecule has 15 heavy (non-hydrogen) atoms. The van der Waals surface area contributed by atoms with Gasteiger partial charge >= 0.3 is 0 Å². The van der Waals surface area contributed by atoms with Crippen molar-refractivity contribution >= 4 is 27.8 Å². The second kappa shape index (κ2) is 4.01. The molecule has 1 fully saturated rings. The molecule has 82 valence electrons. The van der Waals surface area contributed by atoms with Crippen LogP contribution < -0.4 is 4.72 Å². The Morgan fingerprint density at radius 2 is 2.47 bits per heavy atom. The molecule has 7 heteroatoms. The van der Waals surface area contributed by atoms with Crippen molar-refractivity contribution in [3.05, 3.63) is 22.4 Å². The van der Waals surface area contributed by atoms with Crippen LogP contribution >= 0.6 is 11.3 Å². The lowest BCUT2D eigenvalue weighted by molar-refractivity contribution is -0.109. The molecule has 1 N–H and O–H groups in total. The first kappa shape index (κ1) is 10.7. The molecule has 1 aromatic rings. The predicted molar refractivity (Wildman–Crippen MR) is 56.6 cm³/mol. The van der Waals surface area contributed by atoms with E-state index in [9.17, 15) is 13.2 Å². The first-order valence-corrected chi connectivity index (χ1v) is 6.69. The maximum atomic E-state index is 11.5. The SMILES string of the molecule is O=CC1CN(Cc2cccs2)S(=O)(=O)N1. The maximum Gasteiger partial charge on any atom is 0.280 e. The summed E-state index contributed by atoms with van der Waals surface area (Å²) < 4.78 is 26.6. The molecule has 0 aromatic carbocycles. The molecular weight excluding hydrogens is 236 g/mol. The lowest BCUT2D eigenvalue weighted by Gasteiger charge is -2.10. The molecule has 0 saturated carbocycles. The number of rotatable bonds is 3. The number of aldehydes is 1. The van der Waals surface area contributed by atoms with Gasteiger partial charge in [-0.15, -0.1) is 11.3 Å². The molecule has 1 unspecified atom stereocenters. The van der Waals surface area contributed by atoms with E-state index in [-0.39, 0.29) is 6.54 Å². The highest BCUT2D eigenvalue weighted by atomic mass is 32.2. The van der Waals surface area contributed by atoms with E-state index in [1.54, 1.807) is 0 Å². The van der Waals surface area contributed by atoms with Crippen LogP contribution in [0.25, 0.3) is 0 Å². The van der Waals surface area contributed by atoms with E-state index in [1.165, 1.54) is 15.6 Å². The van der Waals surface area contributed by atoms with Crippen LogP contribution in [0.15, 0.2) is 17.5 Å². The second-order valence-electron chi connectivity index (χ2n) is 3.24. The van der Waals surface area contributed by atoms with Crippen molar-refractivity contribution in [1.29, 1.82) is 0 Å². The van der Waals surface area contributed by atoms with Crippen molar-refractivity contribution in [2.45, 2.75) is 12.6 Å². The summed E-state index contributed by atoms with van der Waals surface area (Å²) >= 11 is 1.50. The van der Waals surface area contributed by atoms with Gasteiger partial charge in [0.2, 0.25) is 0 Å². The van der Waals surface area contributed by atoms with E-state index in [2.05, 4.69) is 4.72 Å². The van der Waals surface area contributed by atoms with Gasteiger partial charge < -0.3 is 4.79 Å². The minimum atomic E-state index is -3.47. The zero-order valence-corrected chi connectivity index (χ0v) is 9.42. The molecule has 1 aromatic heterocycles. The van der Waals surface area contributed by atoms with Gasteiger partial charge in [-0.3, -0.25) is 0 Å². The van der Waals surface area contributed by atoms with E-state index >= 15 is 0 Å². The summed E-state index contributed by atoms with van der Waals surface area (Å²) in [5.41, 5.74) is 0. The van der Waals surface area contributed by atoms with Crippen molar-refractivity contribution in [2.24, 2.45) is 0 Å². The third-order valence-corrected chi connectivity index (χ3v) is 4.54. The molecule has 1 saturated heterocycles. The molecule has 1 atom stereocenters. The van der Waals surface area contributed by atoms with Crippen molar-refractivity contribution in [2.75, 3.05) is 6.54 Å². The summed E-state index contributed by atoms with van der Waals surface area (Å²) in [6.45, 7) is 0.543. The first-order chi connectivity index (χ1) is 7.12. The minimum absolute atomic E-state index is 0.212. The summed E-state index contributed by atoms with van der Waals surface area (Å²) in [5.74, 6) is 0. The fourth-order valence-electron chi connectivity index (χ4n) is 1.42. The predicted octanol–water partition coefficient (Wildman–Crippen LogP) is -0.0344. The van der Waals surface area contributed by atoms with Crippen LogP contribution in [0.4, 0.5) is 0 Å². The molecule has 5 nitrogen and oxygen atoms in total. The molecule has 1 aliphatic rings. The highest BCUT2D eigenvalue weighted by Crippen LogP contribution is 2.17. The van der Waals surface area contributed by atoms with E-state index in [4.69, 9.17) is 0 Å². The first-order valence-electron chi connectivity index (χ1n) is 4.37. The topological polar surface area (TPSA) is 66.5 Å². The van der Waals surface area contributed by atoms with Crippen molar-refractivity contribution in [3.63, 3.8) is 0 Å². The molecule has 2 rings (SSSR count). The maximum absolute atomic E-state index is 11.5.